The van der Waals surface area contributed by atoms with Gasteiger partial charge in [0.25, 0.3) is 0 Å². The fourth-order valence-electron chi connectivity index (χ4n) is 3.36. The summed E-state index contributed by atoms with van der Waals surface area (Å²) in [5, 5.41) is 8.32. The zero-order chi connectivity index (χ0) is 13.9. The van der Waals surface area contributed by atoms with Crippen LogP contribution in [0.2, 0.25) is 0 Å². The summed E-state index contributed by atoms with van der Waals surface area (Å²) in [6.45, 7) is 3.33. The van der Waals surface area contributed by atoms with Crippen LogP contribution < -0.4 is 5.32 Å². The highest BCUT2D eigenvalue weighted by molar-refractivity contribution is 9.10. The van der Waals surface area contributed by atoms with Gasteiger partial charge in [0.05, 0.1) is 6.04 Å². The maximum absolute atomic E-state index is 3.81. The van der Waals surface area contributed by atoms with E-state index in [4.69, 9.17) is 0 Å². The summed E-state index contributed by atoms with van der Waals surface area (Å²) in [4.78, 5) is 2.46. The van der Waals surface area contributed by atoms with Gasteiger partial charge in [-0.05, 0) is 66.8 Å². The van der Waals surface area contributed by atoms with Crippen molar-refractivity contribution in [1.29, 1.82) is 0 Å². The van der Waals surface area contributed by atoms with Crippen LogP contribution in [0.4, 0.5) is 0 Å². The Morgan fingerprint density at radius 3 is 2.53 bits per heavy atom. The van der Waals surface area contributed by atoms with E-state index in [2.05, 4.69) is 57.9 Å². The summed E-state index contributed by atoms with van der Waals surface area (Å²) in [6, 6.07) is 0.436. The van der Waals surface area contributed by atoms with Crippen molar-refractivity contribution in [2.75, 3.05) is 20.6 Å². The molecule has 2 nitrogen and oxygen atoms in total. The summed E-state index contributed by atoms with van der Waals surface area (Å²) >= 11 is 5.52. The minimum Gasteiger partial charge on any atom is -0.308 e. The maximum atomic E-state index is 3.81. The molecule has 0 bridgehead atoms. The van der Waals surface area contributed by atoms with Crippen LogP contribution in [0.1, 0.15) is 50.6 Å². The Labute approximate surface area is 129 Å². The second kappa shape index (κ2) is 6.70. The van der Waals surface area contributed by atoms with Crippen molar-refractivity contribution in [2.24, 2.45) is 0 Å². The monoisotopic (exact) mass is 344 g/mol. The molecule has 1 aliphatic rings. The normalized spacial score (nSPS) is 20.1. The maximum Gasteiger partial charge on any atom is 0.0526 e. The van der Waals surface area contributed by atoms with E-state index < -0.39 is 0 Å². The van der Waals surface area contributed by atoms with Gasteiger partial charge in [0.2, 0.25) is 0 Å². The van der Waals surface area contributed by atoms with E-state index in [1.165, 1.54) is 42.1 Å². The highest BCUT2D eigenvalue weighted by Crippen LogP contribution is 2.45. The second-order valence-corrected chi connectivity index (χ2v) is 7.37. The third kappa shape index (κ3) is 3.07. The van der Waals surface area contributed by atoms with Crippen molar-refractivity contribution < 1.29 is 0 Å². The Morgan fingerprint density at radius 2 is 2.05 bits per heavy atom. The molecule has 1 N–H and O–H groups in total. The van der Waals surface area contributed by atoms with E-state index in [1.54, 1.807) is 11.3 Å². The van der Waals surface area contributed by atoms with Crippen molar-refractivity contribution in [1.82, 2.24) is 10.2 Å². The fourth-order valence-corrected chi connectivity index (χ4v) is 4.91. The average molecular weight is 345 g/mol. The fraction of sp³-hybridized carbons (Fsp3) is 0.733. The Bertz CT molecular complexity index is 397. The van der Waals surface area contributed by atoms with Crippen molar-refractivity contribution in [2.45, 2.75) is 50.6 Å². The van der Waals surface area contributed by atoms with Gasteiger partial charge in [0.1, 0.15) is 0 Å². The number of nitrogens with one attached hydrogen (secondary N) is 1. The molecule has 0 saturated heterocycles. The number of likely N-dealkylation sites (N-methyl/N-ethyl adjacent to an activating group) is 1. The number of hydrogen-bond donors (Lipinski definition) is 1. The lowest BCUT2D eigenvalue weighted by atomic mass is 9.83. The van der Waals surface area contributed by atoms with Crippen molar-refractivity contribution in [3.8, 4) is 0 Å². The van der Waals surface area contributed by atoms with Crippen LogP contribution in [0.5, 0.6) is 0 Å². The predicted octanol–water partition coefficient (Wildman–Crippen LogP) is 4.43. The van der Waals surface area contributed by atoms with Crippen LogP contribution in [0.3, 0.4) is 0 Å². The predicted molar refractivity (Wildman–Crippen MR) is 87.9 cm³/mol. The first-order valence-corrected chi connectivity index (χ1v) is 8.98. The smallest absolute Gasteiger partial charge is 0.0526 e. The lowest BCUT2D eigenvalue weighted by Crippen LogP contribution is -2.52. The molecule has 1 aromatic rings. The molecule has 0 aliphatic heterocycles. The summed E-state index contributed by atoms with van der Waals surface area (Å²) in [5.41, 5.74) is 1.72. The molecule has 1 atom stereocenters. The Balaban J connectivity index is 2.33. The molecule has 0 radical (unpaired) electrons. The highest BCUT2D eigenvalue weighted by atomic mass is 79.9. The van der Waals surface area contributed by atoms with E-state index in [0.717, 1.165) is 6.54 Å². The third-order valence-corrected chi connectivity index (χ3v) is 6.20. The summed E-state index contributed by atoms with van der Waals surface area (Å²) in [6.07, 6.45) is 6.48. The molecule has 4 heteroatoms. The van der Waals surface area contributed by atoms with Crippen LogP contribution in [0, 0.1) is 0 Å². The highest BCUT2D eigenvalue weighted by Gasteiger charge is 2.44. The van der Waals surface area contributed by atoms with E-state index in [0.29, 0.717) is 6.04 Å². The molecule has 1 heterocycles. The van der Waals surface area contributed by atoms with Crippen LogP contribution in [-0.4, -0.2) is 31.1 Å². The Morgan fingerprint density at radius 1 is 1.37 bits per heavy atom. The van der Waals surface area contributed by atoms with Crippen LogP contribution in [-0.2, 0) is 0 Å². The van der Waals surface area contributed by atoms with Crippen LogP contribution in [0.15, 0.2) is 15.2 Å². The largest absolute Gasteiger partial charge is 0.308 e. The zero-order valence-corrected chi connectivity index (χ0v) is 14.6. The summed E-state index contributed by atoms with van der Waals surface area (Å²) in [5.74, 6) is 0. The van der Waals surface area contributed by atoms with Gasteiger partial charge >= 0.3 is 0 Å². The number of thiophene rings is 1. The SMILES string of the molecule is CCCNC(c1cscc1Br)C1(N(C)C)CCCC1. The van der Waals surface area contributed by atoms with Gasteiger partial charge in [0.15, 0.2) is 0 Å². The molecule has 0 amide bonds. The molecule has 108 valence electrons. The average Bonchev–Trinajstić information content (AvgIpc) is 3.01. The van der Waals surface area contributed by atoms with Crippen molar-refractivity contribution >= 4 is 27.3 Å². The van der Waals surface area contributed by atoms with E-state index in [1.807, 2.05) is 0 Å². The van der Waals surface area contributed by atoms with Gasteiger partial charge in [-0.2, -0.15) is 11.3 Å². The number of nitrogens with zero attached hydrogens (tertiary/aromatic N) is 1. The lowest BCUT2D eigenvalue weighted by molar-refractivity contribution is 0.104. The van der Waals surface area contributed by atoms with Crippen LogP contribution in [0.25, 0.3) is 0 Å². The Hall–Kier alpha value is 0.1000. The molecule has 1 unspecified atom stereocenters. The molecular weight excluding hydrogens is 320 g/mol. The quantitative estimate of drug-likeness (QED) is 0.821. The number of rotatable bonds is 6. The van der Waals surface area contributed by atoms with Gasteiger partial charge in [-0.1, -0.05) is 19.8 Å². The summed E-state index contributed by atoms with van der Waals surface area (Å²) < 4.78 is 1.26. The van der Waals surface area contributed by atoms with E-state index in [-0.39, 0.29) is 5.54 Å². The minimum atomic E-state index is 0.277. The molecule has 1 aliphatic carbocycles. The van der Waals surface area contributed by atoms with Gasteiger partial charge in [-0.25, -0.2) is 0 Å². The topological polar surface area (TPSA) is 15.3 Å². The lowest BCUT2D eigenvalue weighted by Gasteiger charge is -2.44. The van der Waals surface area contributed by atoms with Gasteiger partial charge in [-0.15, -0.1) is 0 Å². The molecule has 0 spiro atoms. The van der Waals surface area contributed by atoms with Crippen LogP contribution >= 0.6 is 27.3 Å². The Kier molecular flexibility index (Phi) is 5.46. The molecule has 1 aromatic heterocycles. The molecule has 1 fully saturated rings. The molecule has 1 saturated carbocycles. The third-order valence-electron chi connectivity index (χ3n) is 4.45. The zero-order valence-electron chi connectivity index (χ0n) is 12.2. The number of halogens is 1. The first-order chi connectivity index (χ1) is 9.12. The standard InChI is InChI=1S/C15H25BrN2S/c1-4-9-17-14(12-10-19-11-13(12)16)15(18(2)3)7-5-6-8-15/h10-11,14,17H,4-9H2,1-3H3. The minimum absolute atomic E-state index is 0.277. The van der Waals surface area contributed by atoms with E-state index >= 15 is 0 Å². The van der Waals surface area contributed by atoms with E-state index in [9.17, 15) is 0 Å². The molecule has 2 rings (SSSR count). The van der Waals surface area contributed by atoms with Gasteiger partial charge in [0, 0.05) is 15.4 Å². The first kappa shape index (κ1) is 15.5. The summed E-state index contributed by atoms with van der Waals surface area (Å²) in [7, 11) is 4.48. The second-order valence-electron chi connectivity index (χ2n) is 5.77. The van der Waals surface area contributed by atoms with Gasteiger partial charge < -0.3 is 10.2 Å². The molecular formula is C15H25BrN2S. The molecule has 0 aromatic carbocycles. The first-order valence-electron chi connectivity index (χ1n) is 7.24. The van der Waals surface area contributed by atoms with Gasteiger partial charge in [-0.3, -0.25) is 0 Å². The van der Waals surface area contributed by atoms with Crippen molar-refractivity contribution in [3.05, 3.63) is 20.8 Å². The van der Waals surface area contributed by atoms with Crippen molar-refractivity contribution in [3.63, 3.8) is 0 Å². The molecule has 19 heavy (non-hydrogen) atoms. The number of hydrogen-bond acceptors (Lipinski definition) is 3.